The van der Waals surface area contributed by atoms with E-state index in [-0.39, 0.29) is 12.0 Å². The average Bonchev–Trinajstić information content (AvgIpc) is 2.95. The van der Waals surface area contributed by atoms with Gasteiger partial charge in [0.2, 0.25) is 0 Å². The maximum Gasteiger partial charge on any atom is 0.309 e. The molecule has 1 fully saturated rings. The van der Waals surface area contributed by atoms with Gasteiger partial charge in [-0.3, -0.25) is 14.4 Å². The summed E-state index contributed by atoms with van der Waals surface area (Å²) in [5.41, 5.74) is 0.553. The van der Waals surface area contributed by atoms with Gasteiger partial charge in [0.25, 0.3) is 0 Å². The highest BCUT2D eigenvalue weighted by molar-refractivity contribution is 5.74. The molecule has 2 atom stereocenters. The van der Waals surface area contributed by atoms with E-state index in [1.165, 1.54) is 5.56 Å². The second-order valence-corrected chi connectivity index (χ2v) is 6.67. The molecule has 0 bridgehead atoms. The van der Waals surface area contributed by atoms with Crippen molar-refractivity contribution in [3.05, 3.63) is 18.0 Å². The largest absolute Gasteiger partial charge is 0.481 e. The maximum atomic E-state index is 11.5. The molecule has 2 unspecified atom stereocenters. The summed E-state index contributed by atoms with van der Waals surface area (Å²) in [6.45, 7) is 10.7. The first-order chi connectivity index (χ1) is 9.86. The lowest BCUT2D eigenvalue weighted by atomic mass is 9.74. The highest BCUT2D eigenvalue weighted by Crippen LogP contribution is 2.36. The summed E-state index contributed by atoms with van der Waals surface area (Å²) in [7, 11) is 0. The molecule has 5 heteroatoms. The maximum absolute atomic E-state index is 11.5. The van der Waals surface area contributed by atoms with Gasteiger partial charge in [-0.2, -0.15) is 5.10 Å². The van der Waals surface area contributed by atoms with Crippen LogP contribution in [0.3, 0.4) is 0 Å². The van der Waals surface area contributed by atoms with Gasteiger partial charge in [0.15, 0.2) is 0 Å². The molecule has 118 valence electrons. The van der Waals surface area contributed by atoms with Gasteiger partial charge in [-0.05, 0) is 53.0 Å². The summed E-state index contributed by atoms with van der Waals surface area (Å²) in [5, 5.41) is 13.8. The molecule has 1 aliphatic rings. The lowest BCUT2D eigenvalue weighted by molar-refractivity contribution is -0.151. The van der Waals surface area contributed by atoms with Crippen molar-refractivity contribution in [2.45, 2.75) is 53.1 Å². The lowest BCUT2D eigenvalue weighted by Gasteiger charge is -2.41. The molecule has 2 rings (SSSR count). The molecular formula is C16H27N3O2. The minimum absolute atomic E-state index is 0.201. The number of piperidine rings is 1. The molecular weight excluding hydrogens is 266 g/mol. The van der Waals surface area contributed by atoms with E-state index < -0.39 is 11.4 Å². The molecule has 0 aliphatic carbocycles. The van der Waals surface area contributed by atoms with E-state index in [0.717, 1.165) is 32.5 Å². The molecule has 1 N–H and O–H groups in total. The lowest BCUT2D eigenvalue weighted by Crippen LogP contribution is -2.45. The topological polar surface area (TPSA) is 58.4 Å². The fourth-order valence-corrected chi connectivity index (χ4v) is 3.10. The Morgan fingerprint density at radius 2 is 2.29 bits per heavy atom. The third kappa shape index (κ3) is 3.28. The van der Waals surface area contributed by atoms with E-state index in [2.05, 4.69) is 30.0 Å². The van der Waals surface area contributed by atoms with Gasteiger partial charge in [0.05, 0.1) is 11.6 Å². The Balaban J connectivity index is 2.08. The Bertz CT molecular complexity index is 495. The number of nitrogens with zero attached hydrogens (tertiary/aromatic N) is 3. The van der Waals surface area contributed by atoms with Crippen LogP contribution in [0.2, 0.25) is 0 Å². The van der Waals surface area contributed by atoms with Crippen LogP contribution in [-0.2, 0) is 11.3 Å². The second-order valence-electron chi connectivity index (χ2n) is 6.67. The molecule has 1 aromatic rings. The third-order valence-electron chi connectivity index (χ3n) is 5.03. The second kappa shape index (κ2) is 6.18. The van der Waals surface area contributed by atoms with E-state index in [1.807, 2.05) is 24.7 Å². The summed E-state index contributed by atoms with van der Waals surface area (Å²) in [4.78, 5) is 13.9. The van der Waals surface area contributed by atoms with Crippen LogP contribution >= 0.6 is 0 Å². The van der Waals surface area contributed by atoms with Crippen LogP contribution in [0.15, 0.2) is 12.4 Å². The number of rotatable bonds is 5. The van der Waals surface area contributed by atoms with Gasteiger partial charge in [-0.15, -0.1) is 0 Å². The van der Waals surface area contributed by atoms with Crippen molar-refractivity contribution in [3.63, 3.8) is 0 Å². The number of carbonyl (C=O) groups is 1. The third-order valence-corrected chi connectivity index (χ3v) is 5.03. The Hall–Kier alpha value is -1.36. The Labute approximate surface area is 126 Å². The molecule has 2 heterocycles. The van der Waals surface area contributed by atoms with Gasteiger partial charge in [0, 0.05) is 30.9 Å². The van der Waals surface area contributed by atoms with Crippen molar-refractivity contribution in [3.8, 4) is 0 Å². The van der Waals surface area contributed by atoms with Crippen LogP contribution in [-0.4, -0.2) is 38.8 Å². The van der Waals surface area contributed by atoms with Crippen LogP contribution in [0.4, 0.5) is 0 Å². The van der Waals surface area contributed by atoms with Crippen molar-refractivity contribution < 1.29 is 9.90 Å². The summed E-state index contributed by atoms with van der Waals surface area (Å²) >= 11 is 0. The van der Waals surface area contributed by atoms with Crippen LogP contribution in [0.25, 0.3) is 0 Å². The summed E-state index contributed by atoms with van der Waals surface area (Å²) in [6, 6.07) is 0.290. The van der Waals surface area contributed by atoms with Gasteiger partial charge in [-0.25, -0.2) is 0 Å². The molecule has 0 amide bonds. The van der Waals surface area contributed by atoms with Gasteiger partial charge in [0.1, 0.15) is 0 Å². The Morgan fingerprint density at radius 3 is 2.86 bits per heavy atom. The van der Waals surface area contributed by atoms with Crippen LogP contribution in [0.1, 0.15) is 52.1 Å². The van der Waals surface area contributed by atoms with E-state index >= 15 is 0 Å². The molecule has 0 saturated carbocycles. The Morgan fingerprint density at radius 1 is 1.57 bits per heavy atom. The van der Waals surface area contributed by atoms with Crippen LogP contribution in [0.5, 0.6) is 0 Å². The van der Waals surface area contributed by atoms with Crippen molar-refractivity contribution in [1.29, 1.82) is 0 Å². The number of carboxylic acids is 1. The van der Waals surface area contributed by atoms with Crippen LogP contribution < -0.4 is 0 Å². The van der Waals surface area contributed by atoms with Gasteiger partial charge >= 0.3 is 5.97 Å². The molecule has 5 nitrogen and oxygen atoms in total. The number of carboxylic acid groups (broad SMARTS) is 1. The van der Waals surface area contributed by atoms with Crippen molar-refractivity contribution >= 4 is 5.97 Å². The number of aryl methyl sites for hydroxylation is 1. The van der Waals surface area contributed by atoms with Crippen molar-refractivity contribution in [1.82, 2.24) is 14.7 Å². The predicted octanol–water partition coefficient (Wildman–Crippen LogP) is 2.79. The molecule has 1 saturated heterocycles. The highest BCUT2D eigenvalue weighted by atomic mass is 16.4. The van der Waals surface area contributed by atoms with Gasteiger partial charge in [-0.1, -0.05) is 0 Å². The molecule has 1 aromatic heterocycles. The molecule has 0 radical (unpaired) electrons. The number of aliphatic carboxylic acids is 1. The van der Waals surface area contributed by atoms with E-state index in [9.17, 15) is 9.90 Å². The van der Waals surface area contributed by atoms with Gasteiger partial charge < -0.3 is 5.11 Å². The van der Waals surface area contributed by atoms with Crippen LogP contribution in [0, 0.1) is 11.3 Å². The van der Waals surface area contributed by atoms with E-state index in [1.54, 1.807) is 0 Å². The fourth-order valence-electron chi connectivity index (χ4n) is 3.10. The SMILES string of the molecule is CCn1cc(C(C)N2CCCC(C(C)(C)C(=O)O)C2)cn1. The molecule has 1 aliphatic heterocycles. The monoisotopic (exact) mass is 293 g/mol. The zero-order chi connectivity index (χ0) is 15.6. The Kier molecular flexibility index (Phi) is 4.71. The van der Waals surface area contributed by atoms with Crippen molar-refractivity contribution in [2.24, 2.45) is 11.3 Å². The smallest absolute Gasteiger partial charge is 0.309 e. The standard InChI is InChI=1S/C16H27N3O2/c1-5-19-10-13(9-17-19)12(2)18-8-6-7-14(11-18)16(3,4)15(20)21/h9-10,12,14H,5-8,11H2,1-4H3,(H,20,21). The number of aromatic nitrogens is 2. The summed E-state index contributed by atoms with van der Waals surface area (Å²) in [6.07, 6.45) is 6.08. The van der Waals surface area contributed by atoms with Crippen molar-refractivity contribution in [2.75, 3.05) is 13.1 Å². The highest BCUT2D eigenvalue weighted by Gasteiger charge is 2.39. The summed E-state index contributed by atoms with van der Waals surface area (Å²) in [5.74, 6) is -0.492. The normalized spacial score (nSPS) is 22.2. The van der Waals surface area contributed by atoms with E-state index in [0.29, 0.717) is 0 Å². The zero-order valence-corrected chi connectivity index (χ0v) is 13.5. The predicted molar refractivity (Wildman–Crippen MR) is 82.0 cm³/mol. The molecule has 0 aromatic carbocycles. The first-order valence-electron chi connectivity index (χ1n) is 7.86. The first-order valence-corrected chi connectivity index (χ1v) is 7.86. The number of hydrogen-bond donors (Lipinski definition) is 1. The fraction of sp³-hybridized carbons (Fsp3) is 0.750. The molecule has 0 spiro atoms. The minimum atomic E-state index is -0.694. The number of likely N-dealkylation sites (tertiary alicyclic amines) is 1. The molecule has 21 heavy (non-hydrogen) atoms. The average molecular weight is 293 g/mol. The quantitative estimate of drug-likeness (QED) is 0.907. The summed E-state index contributed by atoms with van der Waals surface area (Å²) < 4.78 is 1.94. The minimum Gasteiger partial charge on any atom is -0.481 e. The zero-order valence-electron chi connectivity index (χ0n) is 13.5. The number of hydrogen-bond acceptors (Lipinski definition) is 3. The first kappa shape index (κ1) is 16.0. The van der Waals surface area contributed by atoms with E-state index in [4.69, 9.17) is 0 Å².